The van der Waals surface area contributed by atoms with E-state index >= 15 is 0 Å². The van der Waals surface area contributed by atoms with E-state index in [-0.39, 0.29) is 0 Å². The van der Waals surface area contributed by atoms with Crippen molar-refractivity contribution >= 4 is 11.6 Å². The van der Waals surface area contributed by atoms with Gasteiger partial charge in [0.05, 0.1) is 7.11 Å². The number of rotatable bonds is 5. The average molecular weight is 282 g/mol. The molecule has 0 spiro atoms. The van der Waals surface area contributed by atoms with Gasteiger partial charge in [0.1, 0.15) is 6.10 Å². The Kier molecular flexibility index (Phi) is 3.85. The molecule has 1 heterocycles. The summed E-state index contributed by atoms with van der Waals surface area (Å²) in [4.78, 5) is 0. The molecule has 2 aliphatic rings. The van der Waals surface area contributed by atoms with Crippen molar-refractivity contribution in [2.75, 3.05) is 20.2 Å². The molecule has 3 nitrogen and oxygen atoms in total. The maximum atomic E-state index is 6.28. The Balaban J connectivity index is 1.77. The summed E-state index contributed by atoms with van der Waals surface area (Å²) in [6.45, 7) is 2.17. The summed E-state index contributed by atoms with van der Waals surface area (Å²) in [6, 6.07) is 5.59. The molecule has 19 heavy (non-hydrogen) atoms. The average Bonchev–Trinajstić information content (AvgIpc) is 3.11. The number of nitrogens with one attached hydrogen (secondary N) is 1. The van der Waals surface area contributed by atoms with Crippen LogP contribution in [0.5, 0.6) is 11.5 Å². The summed E-state index contributed by atoms with van der Waals surface area (Å²) >= 11 is 5.99. The Hall–Kier alpha value is -0.930. The second-order valence-corrected chi connectivity index (χ2v) is 5.90. The lowest BCUT2D eigenvalue weighted by Gasteiger charge is -2.25. The minimum Gasteiger partial charge on any atom is -0.493 e. The molecule has 1 saturated carbocycles. The molecule has 4 heteroatoms. The topological polar surface area (TPSA) is 30.5 Å². The van der Waals surface area contributed by atoms with Crippen LogP contribution in [-0.4, -0.2) is 26.3 Å². The molecule has 1 aliphatic heterocycles. The van der Waals surface area contributed by atoms with Crippen molar-refractivity contribution in [1.82, 2.24) is 5.32 Å². The van der Waals surface area contributed by atoms with E-state index in [0.29, 0.717) is 23.0 Å². The third-order valence-electron chi connectivity index (χ3n) is 4.04. The zero-order chi connectivity index (χ0) is 13.2. The molecule has 104 valence electrons. The van der Waals surface area contributed by atoms with Crippen molar-refractivity contribution in [2.24, 2.45) is 11.8 Å². The normalized spacial score (nSPS) is 24.2. The Morgan fingerprint density at radius 1 is 1.21 bits per heavy atom. The quantitative estimate of drug-likeness (QED) is 0.900. The number of ether oxygens (including phenoxy) is 2. The summed E-state index contributed by atoms with van der Waals surface area (Å²) in [5, 5.41) is 4.10. The SMILES string of the molecule is COc1cc(Cl)ccc1O[C@@H](C1CC1)[C@H]1CCNC1. The van der Waals surface area contributed by atoms with Crippen molar-refractivity contribution in [1.29, 1.82) is 0 Å². The van der Waals surface area contributed by atoms with Crippen LogP contribution in [0.3, 0.4) is 0 Å². The van der Waals surface area contributed by atoms with Gasteiger partial charge in [0, 0.05) is 23.6 Å². The predicted molar refractivity (Wildman–Crippen MR) is 76.1 cm³/mol. The van der Waals surface area contributed by atoms with Gasteiger partial charge in [0.2, 0.25) is 0 Å². The maximum absolute atomic E-state index is 6.28. The van der Waals surface area contributed by atoms with E-state index in [2.05, 4.69) is 5.32 Å². The molecule has 0 radical (unpaired) electrons. The van der Waals surface area contributed by atoms with Gasteiger partial charge in [0.25, 0.3) is 0 Å². The van der Waals surface area contributed by atoms with Crippen LogP contribution >= 0.6 is 11.6 Å². The number of benzene rings is 1. The van der Waals surface area contributed by atoms with Crippen LogP contribution in [0.2, 0.25) is 5.02 Å². The third kappa shape index (κ3) is 2.98. The van der Waals surface area contributed by atoms with Crippen LogP contribution in [0.25, 0.3) is 0 Å². The van der Waals surface area contributed by atoms with Crippen LogP contribution in [0.15, 0.2) is 18.2 Å². The van der Waals surface area contributed by atoms with Crippen molar-refractivity contribution in [3.8, 4) is 11.5 Å². The van der Waals surface area contributed by atoms with E-state index in [1.165, 1.54) is 19.3 Å². The number of halogens is 1. The minimum atomic E-state index is 0.310. The van der Waals surface area contributed by atoms with Crippen LogP contribution in [0.4, 0.5) is 0 Å². The van der Waals surface area contributed by atoms with Gasteiger partial charge >= 0.3 is 0 Å². The molecule has 2 fully saturated rings. The summed E-state index contributed by atoms with van der Waals surface area (Å²) in [6.07, 6.45) is 4.09. The Bertz CT molecular complexity index is 442. The maximum Gasteiger partial charge on any atom is 0.162 e. The predicted octanol–water partition coefficient (Wildman–Crippen LogP) is 3.12. The van der Waals surface area contributed by atoms with Crippen LogP contribution in [0.1, 0.15) is 19.3 Å². The van der Waals surface area contributed by atoms with E-state index in [0.717, 1.165) is 24.6 Å². The number of hydrogen-bond donors (Lipinski definition) is 1. The van der Waals surface area contributed by atoms with Crippen molar-refractivity contribution in [2.45, 2.75) is 25.4 Å². The van der Waals surface area contributed by atoms with Gasteiger partial charge in [-0.15, -0.1) is 0 Å². The second-order valence-electron chi connectivity index (χ2n) is 5.47. The third-order valence-corrected chi connectivity index (χ3v) is 4.27. The molecule has 0 amide bonds. The number of methoxy groups -OCH3 is 1. The first kappa shape index (κ1) is 13.1. The number of hydrogen-bond acceptors (Lipinski definition) is 3. The van der Waals surface area contributed by atoms with E-state index < -0.39 is 0 Å². The highest BCUT2D eigenvalue weighted by molar-refractivity contribution is 6.30. The Morgan fingerprint density at radius 2 is 2.05 bits per heavy atom. The molecule has 1 aromatic rings. The van der Waals surface area contributed by atoms with Gasteiger partial charge in [-0.25, -0.2) is 0 Å². The van der Waals surface area contributed by atoms with Gasteiger partial charge in [-0.1, -0.05) is 11.6 Å². The largest absolute Gasteiger partial charge is 0.493 e. The standard InChI is InChI=1S/C15H20ClNO2/c1-18-14-8-12(16)4-5-13(14)19-15(10-2-3-10)11-6-7-17-9-11/h4-5,8,10-11,15,17H,2-3,6-7,9H2,1H3/t11-,15-/m0/s1. The van der Waals surface area contributed by atoms with E-state index in [9.17, 15) is 0 Å². The van der Waals surface area contributed by atoms with Crippen molar-refractivity contribution in [3.63, 3.8) is 0 Å². The zero-order valence-corrected chi connectivity index (χ0v) is 12.0. The molecule has 1 aliphatic carbocycles. The Labute approximate surface area is 119 Å². The highest BCUT2D eigenvalue weighted by Gasteiger charge is 2.39. The van der Waals surface area contributed by atoms with E-state index in [1.54, 1.807) is 7.11 Å². The molecular weight excluding hydrogens is 262 g/mol. The van der Waals surface area contributed by atoms with Gasteiger partial charge in [-0.3, -0.25) is 0 Å². The minimum absolute atomic E-state index is 0.310. The lowest BCUT2D eigenvalue weighted by atomic mass is 9.97. The molecule has 1 N–H and O–H groups in total. The molecule has 0 aromatic heterocycles. The van der Waals surface area contributed by atoms with Crippen molar-refractivity contribution in [3.05, 3.63) is 23.2 Å². The Morgan fingerprint density at radius 3 is 2.68 bits per heavy atom. The lowest BCUT2D eigenvalue weighted by molar-refractivity contribution is 0.116. The zero-order valence-electron chi connectivity index (χ0n) is 11.2. The molecule has 1 saturated heterocycles. The molecule has 2 atom stereocenters. The monoisotopic (exact) mass is 281 g/mol. The van der Waals surface area contributed by atoms with E-state index in [4.69, 9.17) is 21.1 Å². The highest BCUT2D eigenvalue weighted by Crippen LogP contribution is 2.41. The van der Waals surface area contributed by atoms with Crippen molar-refractivity contribution < 1.29 is 9.47 Å². The first-order valence-electron chi connectivity index (χ1n) is 6.99. The lowest BCUT2D eigenvalue weighted by Crippen LogP contribution is -2.30. The first-order chi connectivity index (χ1) is 9.28. The van der Waals surface area contributed by atoms with E-state index in [1.807, 2.05) is 18.2 Å². The van der Waals surface area contributed by atoms with Crippen LogP contribution in [0, 0.1) is 11.8 Å². The summed E-state index contributed by atoms with van der Waals surface area (Å²) in [5.74, 6) is 2.87. The molecule has 0 unspecified atom stereocenters. The second kappa shape index (κ2) is 5.59. The van der Waals surface area contributed by atoms with Crippen LogP contribution in [-0.2, 0) is 0 Å². The van der Waals surface area contributed by atoms with Gasteiger partial charge in [-0.2, -0.15) is 0 Å². The highest BCUT2D eigenvalue weighted by atomic mass is 35.5. The fourth-order valence-corrected chi connectivity index (χ4v) is 3.01. The first-order valence-corrected chi connectivity index (χ1v) is 7.36. The van der Waals surface area contributed by atoms with Gasteiger partial charge < -0.3 is 14.8 Å². The molecular formula is C15H20ClNO2. The van der Waals surface area contributed by atoms with Gasteiger partial charge in [0.15, 0.2) is 11.5 Å². The fourth-order valence-electron chi connectivity index (χ4n) is 2.84. The summed E-state index contributed by atoms with van der Waals surface area (Å²) < 4.78 is 11.6. The fraction of sp³-hybridized carbons (Fsp3) is 0.600. The molecule has 1 aromatic carbocycles. The summed E-state index contributed by atoms with van der Waals surface area (Å²) in [7, 11) is 1.65. The van der Waals surface area contributed by atoms with Gasteiger partial charge in [-0.05, 0) is 43.9 Å². The smallest absolute Gasteiger partial charge is 0.162 e. The summed E-state index contributed by atoms with van der Waals surface area (Å²) in [5.41, 5.74) is 0. The van der Waals surface area contributed by atoms with Crippen LogP contribution < -0.4 is 14.8 Å². The molecule has 0 bridgehead atoms. The molecule has 3 rings (SSSR count).